The summed E-state index contributed by atoms with van der Waals surface area (Å²) in [5, 5.41) is 3.41. The van der Waals surface area contributed by atoms with Crippen LogP contribution >= 0.6 is 0 Å². The number of hydrogen-bond donors (Lipinski definition) is 1. The van der Waals surface area contributed by atoms with Gasteiger partial charge in [0.2, 0.25) is 0 Å². The maximum absolute atomic E-state index is 12.6. The van der Waals surface area contributed by atoms with Crippen molar-refractivity contribution in [3.05, 3.63) is 23.9 Å². The molecule has 122 valence electrons. The molecule has 1 aromatic rings. The highest BCUT2D eigenvalue weighted by molar-refractivity contribution is 5.40. The van der Waals surface area contributed by atoms with Crippen molar-refractivity contribution >= 4 is 5.82 Å². The van der Waals surface area contributed by atoms with Crippen molar-refractivity contribution in [2.75, 3.05) is 44.2 Å². The molecule has 1 aromatic heterocycles. The molecule has 0 bridgehead atoms. The molecular formula is C15H21F3N4. The number of aromatic nitrogens is 1. The highest BCUT2D eigenvalue weighted by Crippen LogP contribution is 2.29. The van der Waals surface area contributed by atoms with Crippen LogP contribution in [0.4, 0.5) is 19.0 Å². The summed E-state index contributed by atoms with van der Waals surface area (Å²) in [4.78, 5) is 8.52. The smallest absolute Gasteiger partial charge is 0.354 e. The van der Waals surface area contributed by atoms with E-state index in [1.807, 2.05) is 0 Å². The van der Waals surface area contributed by atoms with Crippen LogP contribution in [0.2, 0.25) is 0 Å². The Morgan fingerprint density at radius 3 is 2.36 bits per heavy atom. The fourth-order valence-corrected chi connectivity index (χ4v) is 3.31. The highest BCUT2D eigenvalue weighted by Gasteiger charge is 2.32. The van der Waals surface area contributed by atoms with Crippen LogP contribution in [0.5, 0.6) is 0 Å². The van der Waals surface area contributed by atoms with E-state index in [1.165, 1.54) is 6.07 Å². The minimum absolute atomic E-state index is 0.572. The summed E-state index contributed by atoms with van der Waals surface area (Å²) < 4.78 is 37.7. The van der Waals surface area contributed by atoms with Gasteiger partial charge in [0.25, 0.3) is 0 Å². The Hall–Kier alpha value is -1.34. The van der Waals surface area contributed by atoms with Crippen molar-refractivity contribution in [3.8, 4) is 0 Å². The first-order valence-electron chi connectivity index (χ1n) is 7.68. The van der Waals surface area contributed by atoms with E-state index < -0.39 is 11.7 Å². The molecule has 0 aromatic carbocycles. The second-order valence-electron chi connectivity index (χ2n) is 6.13. The third-order valence-electron chi connectivity index (χ3n) is 4.66. The van der Waals surface area contributed by atoms with E-state index in [1.54, 1.807) is 0 Å². The molecule has 2 aliphatic rings. The molecule has 0 saturated carbocycles. The highest BCUT2D eigenvalue weighted by atomic mass is 19.4. The van der Waals surface area contributed by atoms with Crippen molar-refractivity contribution in [3.63, 3.8) is 0 Å². The van der Waals surface area contributed by atoms with E-state index in [2.05, 4.69) is 27.0 Å². The average Bonchev–Trinajstić information content (AvgIpc) is 2.93. The van der Waals surface area contributed by atoms with Gasteiger partial charge in [0.1, 0.15) is 5.82 Å². The molecule has 2 saturated heterocycles. The quantitative estimate of drug-likeness (QED) is 0.902. The van der Waals surface area contributed by atoms with Crippen molar-refractivity contribution in [1.82, 2.24) is 15.2 Å². The molecule has 7 heteroatoms. The minimum Gasteiger partial charge on any atom is -0.354 e. The van der Waals surface area contributed by atoms with Crippen LogP contribution in [0.3, 0.4) is 0 Å². The first kappa shape index (κ1) is 15.6. The van der Waals surface area contributed by atoms with E-state index in [4.69, 9.17) is 0 Å². The summed E-state index contributed by atoms with van der Waals surface area (Å²) in [5.41, 5.74) is -0.694. The molecule has 3 rings (SSSR count). The van der Waals surface area contributed by atoms with Gasteiger partial charge in [-0.1, -0.05) is 6.92 Å². The van der Waals surface area contributed by atoms with Gasteiger partial charge in [-0.15, -0.1) is 0 Å². The van der Waals surface area contributed by atoms with Gasteiger partial charge in [-0.3, -0.25) is 4.90 Å². The predicted octanol–water partition coefficient (Wildman–Crippen LogP) is 1.83. The molecule has 0 amide bonds. The van der Waals surface area contributed by atoms with E-state index >= 15 is 0 Å². The number of hydrogen-bond acceptors (Lipinski definition) is 4. The molecule has 2 aliphatic heterocycles. The summed E-state index contributed by atoms with van der Waals surface area (Å²) >= 11 is 0. The number of halogens is 3. The number of alkyl halides is 3. The van der Waals surface area contributed by atoms with Crippen LogP contribution in [0.1, 0.15) is 12.5 Å². The number of rotatable bonds is 2. The lowest BCUT2D eigenvalue weighted by molar-refractivity contribution is -0.137. The molecule has 4 nitrogen and oxygen atoms in total. The fourth-order valence-electron chi connectivity index (χ4n) is 3.31. The molecule has 1 N–H and O–H groups in total. The van der Waals surface area contributed by atoms with Gasteiger partial charge in [0.15, 0.2) is 0 Å². The molecule has 2 fully saturated rings. The maximum atomic E-state index is 12.6. The van der Waals surface area contributed by atoms with Gasteiger partial charge in [0.05, 0.1) is 5.56 Å². The number of pyridine rings is 1. The normalized spacial score (nSPS) is 27.4. The standard InChI is InChI=1S/C15H21F3N4/c1-11-8-19-10-13(11)21-4-6-22(7-5-21)14-3-2-12(9-20-14)15(16,17)18/h2-3,9,11,13,19H,4-8,10H2,1H3/t11-,13-/m1/s1. The Kier molecular flexibility index (Phi) is 4.27. The summed E-state index contributed by atoms with van der Waals surface area (Å²) in [6.07, 6.45) is -3.40. The third-order valence-corrected chi connectivity index (χ3v) is 4.66. The van der Waals surface area contributed by atoms with Crippen LogP contribution in [-0.4, -0.2) is 55.2 Å². The van der Waals surface area contributed by atoms with Gasteiger partial charge >= 0.3 is 6.18 Å². The summed E-state index contributed by atoms with van der Waals surface area (Å²) in [6, 6.07) is 3.15. The second kappa shape index (κ2) is 6.04. The van der Waals surface area contributed by atoms with E-state index in [-0.39, 0.29) is 0 Å². The van der Waals surface area contributed by atoms with Crippen molar-refractivity contribution in [1.29, 1.82) is 0 Å². The van der Waals surface area contributed by atoms with Crippen molar-refractivity contribution in [2.24, 2.45) is 5.92 Å². The van der Waals surface area contributed by atoms with Gasteiger partial charge < -0.3 is 10.2 Å². The van der Waals surface area contributed by atoms with E-state index in [0.29, 0.717) is 17.8 Å². The Balaban J connectivity index is 1.59. The van der Waals surface area contributed by atoms with Gasteiger partial charge in [0, 0.05) is 45.0 Å². The first-order chi connectivity index (χ1) is 10.4. The largest absolute Gasteiger partial charge is 0.417 e. The Bertz CT molecular complexity index is 495. The summed E-state index contributed by atoms with van der Waals surface area (Å²) in [5.74, 6) is 1.28. The van der Waals surface area contributed by atoms with Gasteiger partial charge in [-0.2, -0.15) is 13.2 Å². The lowest BCUT2D eigenvalue weighted by Gasteiger charge is -2.39. The van der Waals surface area contributed by atoms with E-state index in [9.17, 15) is 13.2 Å². The van der Waals surface area contributed by atoms with Gasteiger partial charge in [-0.05, 0) is 24.6 Å². The summed E-state index contributed by atoms with van der Waals surface area (Å²) in [6.45, 7) is 7.82. The summed E-state index contributed by atoms with van der Waals surface area (Å²) in [7, 11) is 0. The minimum atomic E-state index is -4.32. The molecule has 0 unspecified atom stereocenters. The topological polar surface area (TPSA) is 31.4 Å². The Morgan fingerprint density at radius 2 is 1.86 bits per heavy atom. The zero-order valence-corrected chi connectivity index (χ0v) is 12.6. The fraction of sp³-hybridized carbons (Fsp3) is 0.667. The monoisotopic (exact) mass is 314 g/mol. The number of nitrogens with zero attached hydrogens (tertiary/aromatic N) is 3. The van der Waals surface area contributed by atoms with Crippen LogP contribution in [0, 0.1) is 5.92 Å². The van der Waals surface area contributed by atoms with Crippen molar-refractivity contribution in [2.45, 2.75) is 19.1 Å². The number of nitrogens with one attached hydrogen (secondary N) is 1. The van der Waals surface area contributed by atoms with Crippen LogP contribution in [-0.2, 0) is 6.18 Å². The van der Waals surface area contributed by atoms with Crippen molar-refractivity contribution < 1.29 is 13.2 Å². The molecule has 22 heavy (non-hydrogen) atoms. The van der Waals surface area contributed by atoms with Crippen LogP contribution in [0.15, 0.2) is 18.3 Å². The van der Waals surface area contributed by atoms with E-state index in [0.717, 1.165) is 51.5 Å². The zero-order valence-electron chi connectivity index (χ0n) is 12.6. The molecule has 0 radical (unpaired) electrons. The Labute approximate surface area is 128 Å². The average molecular weight is 314 g/mol. The predicted molar refractivity (Wildman–Crippen MR) is 78.8 cm³/mol. The van der Waals surface area contributed by atoms with Crippen LogP contribution in [0.25, 0.3) is 0 Å². The molecule has 0 spiro atoms. The molecule has 0 aliphatic carbocycles. The Morgan fingerprint density at radius 1 is 1.14 bits per heavy atom. The zero-order chi connectivity index (χ0) is 15.7. The lowest BCUT2D eigenvalue weighted by Crippen LogP contribution is -2.52. The molecule has 2 atom stereocenters. The molecule has 3 heterocycles. The molecular weight excluding hydrogens is 293 g/mol. The lowest BCUT2D eigenvalue weighted by atomic mass is 10.0. The third kappa shape index (κ3) is 3.20. The maximum Gasteiger partial charge on any atom is 0.417 e. The SMILES string of the molecule is C[C@@H]1CNC[C@H]1N1CCN(c2ccc(C(F)(F)F)cn2)CC1. The number of anilines is 1. The first-order valence-corrected chi connectivity index (χ1v) is 7.68. The van der Waals surface area contributed by atoms with Crippen LogP contribution < -0.4 is 10.2 Å². The van der Waals surface area contributed by atoms with Gasteiger partial charge in [-0.25, -0.2) is 4.98 Å². The second-order valence-corrected chi connectivity index (χ2v) is 6.13. The number of piperazine rings is 1.